The van der Waals surface area contributed by atoms with Gasteiger partial charge in [0.1, 0.15) is 12.1 Å². The molecule has 0 aromatic heterocycles. The summed E-state index contributed by atoms with van der Waals surface area (Å²) in [5.41, 5.74) is 0.911. The van der Waals surface area contributed by atoms with Gasteiger partial charge >= 0.3 is 5.97 Å². The van der Waals surface area contributed by atoms with E-state index < -0.39 is 42.0 Å². The van der Waals surface area contributed by atoms with Crippen LogP contribution >= 0.6 is 0 Å². The number of carboxylic acid groups (broad SMARTS) is 1. The monoisotopic (exact) mass is 529 g/mol. The predicted octanol–water partition coefficient (Wildman–Crippen LogP) is 2.65. The summed E-state index contributed by atoms with van der Waals surface area (Å²) < 4.78 is 0. The minimum Gasteiger partial charge on any atom is -0.479 e. The Kier molecular flexibility index (Phi) is 11.1. The topological polar surface area (TPSA) is 136 Å². The van der Waals surface area contributed by atoms with Crippen LogP contribution in [0.3, 0.4) is 0 Å². The molecule has 1 aliphatic heterocycles. The molecular formula is C29H43N3O6. The number of rotatable bonds is 13. The highest BCUT2D eigenvalue weighted by Crippen LogP contribution is 2.28. The molecule has 0 radical (unpaired) electrons. The first-order chi connectivity index (χ1) is 18.2. The van der Waals surface area contributed by atoms with E-state index in [-0.39, 0.29) is 17.7 Å². The number of hydrogen-bond donors (Lipinski definition) is 4. The first kappa shape index (κ1) is 29.6. The lowest BCUT2D eigenvalue weighted by molar-refractivity contribution is -0.149. The van der Waals surface area contributed by atoms with Gasteiger partial charge in [-0.05, 0) is 36.7 Å². The Balaban J connectivity index is 1.76. The van der Waals surface area contributed by atoms with Gasteiger partial charge in [-0.1, -0.05) is 76.3 Å². The molecule has 38 heavy (non-hydrogen) atoms. The Labute approximate surface area is 225 Å². The number of aliphatic carboxylic acids is 1. The van der Waals surface area contributed by atoms with Crippen LogP contribution in [-0.2, 0) is 25.6 Å². The number of aliphatic hydroxyl groups excluding tert-OH is 1. The Bertz CT molecular complexity index is 947. The van der Waals surface area contributed by atoms with Crippen molar-refractivity contribution in [3.05, 3.63) is 35.9 Å². The summed E-state index contributed by atoms with van der Waals surface area (Å²) in [6.45, 7) is 4.35. The highest BCUT2D eigenvalue weighted by atomic mass is 16.4. The van der Waals surface area contributed by atoms with E-state index in [1.165, 1.54) is 0 Å². The quantitative estimate of drug-likeness (QED) is 0.310. The number of carbonyl (C=O) groups excluding carboxylic acids is 3. The Morgan fingerprint density at radius 1 is 1.00 bits per heavy atom. The molecule has 3 amide bonds. The minimum absolute atomic E-state index is 0.0632. The molecule has 1 aromatic rings. The largest absolute Gasteiger partial charge is 0.479 e. The highest BCUT2D eigenvalue weighted by molar-refractivity contribution is 5.93. The second-order valence-electron chi connectivity index (χ2n) is 11.2. The van der Waals surface area contributed by atoms with Gasteiger partial charge < -0.3 is 25.7 Å². The van der Waals surface area contributed by atoms with Crippen LogP contribution in [0.5, 0.6) is 0 Å². The number of aliphatic hydroxyl groups is 1. The summed E-state index contributed by atoms with van der Waals surface area (Å²) in [7, 11) is 0. The van der Waals surface area contributed by atoms with Crippen LogP contribution in [0.25, 0.3) is 0 Å². The van der Waals surface area contributed by atoms with Crippen molar-refractivity contribution < 1.29 is 29.4 Å². The summed E-state index contributed by atoms with van der Waals surface area (Å²) in [5.74, 6) is -2.09. The van der Waals surface area contributed by atoms with Crippen LogP contribution in [-0.4, -0.2) is 69.6 Å². The maximum atomic E-state index is 13.6. The van der Waals surface area contributed by atoms with E-state index in [1.807, 2.05) is 44.2 Å². The van der Waals surface area contributed by atoms with Gasteiger partial charge in [-0.15, -0.1) is 0 Å². The molecule has 9 heteroatoms. The van der Waals surface area contributed by atoms with Crippen molar-refractivity contribution in [1.82, 2.24) is 15.5 Å². The molecule has 3 rings (SSSR count). The third kappa shape index (κ3) is 8.55. The van der Waals surface area contributed by atoms with E-state index in [0.717, 1.165) is 37.7 Å². The van der Waals surface area contributed by atoms with Crippen LogP contribution in [0.1, 0.15) is 77.2 Å². The molecule has 4 unspecified atom stereocenters. The third-order valence-electron chi connectivity index (χ3n) is 7.67. The maximum Gasteiger partial charge on any atom is 0.334 e. The van der Waals surface area contributed by atoms with E-state index in [4.69, 9.17) is 0 Å². The molecule has 1 saturated carbocycles. The van der Waals surface area contributed by atoms with Crippen molar-refractivity contribution in [3.8, 4) is 0 Å². The van der Waals surface area contributed by atoms with Crippen molar-refractivity contribution in [1.29, 1.82) is 0 Å². The summed E-state index contributed by atoms with van der Waals surface area (Å²) in [6, 6.07) is 6.83. The SMILES string of the molecule is CC(C)CC(NC(=O)C(Cc1ccccc1)N1CCCC1=O)C(=O)NC(CC1CCCCC1)C(O)C(=O)O. The summed E-state index contributed by atoms with van der Waals surface area (Å²) >= 11 is 0. The first-order valence-electron chi connectivity index (χ1n) is 14.0. The zero-order valence-electron chi connectivity index (χ0n) is 22.6. The molecule has 0 bridgehead atoms. The molecule has 9 nitrogen and oxygen atoms in total. The average molecular weight is 530 g/mol. The van der Waals surface area contributed by atoms with E-state index >= 15 is 0 Å². The fourth-order valence-corrected chi connectivity index (χ4v) is 5.66. The van der Waals surface area contributed by atoms with Crippen molar-refractivity contribution in [2.45, 2.75) is 102 Å². The molecule has 4 atom stereocenters. The molecule has 2 fully saturated rings. The van der Waals surface area contributed by atoms with Crippen LogP contribution in [0.2, 0.25) is 0 Å². The highest BCUT2D eigenvalue weighted by Gasteiger charge is 2.37. The van der Waals surface area contributed by atoms with E-state index in [0.29, 0.717) is 38.6 Å². The van der Waals surface area contributed by atoms with Gasteiger partial charge in [-0.25, -0.2) is 4.79 Å². The fraction of sp³-hybridized carbons (Fsp3) is 0.655. The molecule has 2 aliphatic rings. The average Bonchev–Trinajstić information content (AvgIpc) is 3.32. The number of nitrogens with zero attached hydrogens (tertiary/aromatic N) is 1. The van der Waals surface area contributed by atoms with E-state index in [2.05, 4.69) is 10.6 Å². The summed E-state index contributed by atoms with van der Waals surface area (Å²) in [4.78, 5) is 52.8. The van der Waals surface area contributed by atoms with Crippen LogP contribution < -0.4 is 10.6 Å². The normalized spacial score (nSPS) is 19.6. The van der Waals surface area contributed by atoms with Gasteiger partial charge in [0.15, 0.2) is 6.10 Å². The van der Waals surface area contributed by atoms with Gasteiger partial charge in [0.25, 0.3) is 0 Å². The van der Waals surface area contributed by atoms with E-state index in [9.17, 15) is 29.4 Å². The lowest BCUT2D eigenvalue weighted by Gasteiger charge is -2.32. The second kappa shape index (κ2) is 14.3. The minimum atomic E-state index is -1.73. The Morgan fingerprint density at radius 2 is 1.68 bits per heavy atom. The van der Waals surface area contributed by atoms with Gasteiger partial charge in [0, 0.05) is 19.4 Å². The number of likely N-dealkylation sites (tertiary alicyclic amines) is 1. The molecule has 1 aliphatic carbocycles. The number of nitrogens with one attached hydrogen (secondary N) is 2. The molecule has 1 heterocycles. The van der Waals surface area contributed by atoms with Gasteiger partial charge in [-0.3, -0.25) is 14.4 Å². The Hall–Kier alpha value is -2.94. The van der Waals surface area contributed by atoms with Crippen molar-refractivity contribution in [2.24, 2.45) is 11.8 Å². The van der Waals surface area contributed by atoms with E-state index in [1.54, 1.807) is 4.90 Å². The zero-order valence-corrected chi connectivity index (χ0v) is 22.6. The number of carbonyl (C=O) groups is 4. The second-order valence-corrected chi connectivity index (χ2v) is 11.2. The molecule has 4 N–H and O–H groups in total. The van der Waals surface area contributed by atoms with Crippen LogP contribution in [0.15, 0.2) is 30.3 Å². The standard InChI is InChI=1S/C29H43N3O6/c1-19(2)16-23(27(35)30-22(26(34)29(37)38)17-20-10-5-3-6-11-20)31-28(36)24(32-15-9-14-25(32)33)18-21-12-7-4-8-13-21/h4,7-8,12-13,19-20,22-24,26,34H,3,5-6,9-11,14-18H2,1-2H3,(H,30,35)(H,31,36)(H,37,38). The Morgan fingerprint density at radius 3 is 2.26 bits per heavy atom. The van der Waals surface area contributed by atoms with Crippen molar-refractivity contribution in [2.75, 3.05) is 6.54 Å². The predicted molar refractivity (Wildman–Crippen MR) is 143 cm³/mol. The molecule has 210 valence electrons. The lowest BCUT2D eigenvalue weighted by Crippen LogP contribution is -2.58. The van der Waals surface area contributed by atoms with Gasteiger partial charge in [0.2, 0.25) is 17.7 Å². The summed E-state index contributed by atoms with van der Waals surface area (Å²) in [6.07, 6.45) is 5.52. The van der Waals surface area contributed by atoms with Crippen LogP contribution in [0.4, 0.5) is 0 Å². The number of benzene rings is 1. The van der Waals surface area contributed by atoms with Crippen LogP contribution in [0, 0.1) is 11.8 Å². The third-order valence-corrected chi connectivity index (χ3v) is 7.67. The lowest BCUT2D eigenvalue weighted by atomic mass is 9.83. The number of amides is 3. The molecule has 1 saturated heterocycles. The molecular weight excluding hydrogens is 486 g/mol. The number of carboxylic acids is 1. The van der Waals surface area contributed by atoms with Crippen molar-refractivity contribution in [3.63, 3.8) is 0 Å². The first-order valence-corrected chi connectivity index (χ1v) is 14.0. The maximum absolute atomic E-state index is 13.6. The van der Waals surface area contributed by atoms with Gasteiger partial charge in [-0.2, -0.15) is 0 Å². The molecule has 0 spiro atoms. The smallest absolute Gasteiger partial charge is 0.334 e. The number of hydrogen-bond acceptors (Lipinski definition) is 5. The van der Waals surface area contributed by atoms with Gasteiger partial charge in [0.05, 0.1) is 6.04 Å². The zero-order chi connectivity index (χ0) is 27.7. The molecule has 1 aromatic carbocycles. The summed E-state index contributed by atoms with van der Waals surface area (Å²) in [5, 5.41) is 25.5. The fourth-order valence-electron chi connectivity index (χ4n) is 5.66. The van der Waals surface area contributed by atoms with Crippen molar-refractivity contribution >= 4 is 23.7 Å².